The number of rotatable bonds is 8. The third-order valence-electron chi connectivity index (χ3n) is 6.72. The van der Waals surface area contributed by atoms with Crippen molar-refractivity contribution in [1.82, 2.24) is 19.7 Å². The SMILES string of the molecule is COc1ccc2cc(C(CC(=O)NCCc3ccc(O)c(O)c3)c3c(O)nc4ccccn4c3=O)c(=O)[nH]c2c1. The molecular weight excluding hydrogens is 516 g/mol. The van der Waals surface area contributed by atoms with Gasteiger partial charge >= 0.3 is 0 Å². The first kappa shape index (κ1) is 26.3. The van der Waals surface area contributed by atoms with E-state index in [9.17, 15) is 29.7 Å². The summed E-state index contributed by atoms with van der Waals surface area (Å²) >= 11 is 0. The lowest BCUT2D eigenvalue weighted by molar-refractivity contribution is -0.121. The van der Waals surface area contributed by atoms with Crippen molar-refractivity contribution >= 4 is 22.5 Å². The lowest BCUT2D eigenvalue weighted by atomic mass is 9.89. The van der Waals surface area contributed by atoms with E-state index >= 15 is 0 Å². The molecule has 0 aliphatic heterocycles. The van der Waals surface area contributed by atoms with Crippen LogP contribution in [-0.4, -0.2) is 49.2 Å². The largest absolute Gasteiger partial charge is 0.504 e. The van der Waals surface area contributed by atoms with Crippen LogP contribution in [-0.2, 0) is 11.2 Å². The van der Waals surface area contributed by atoms with Crippen LogP contribution in [0, 0.1) is 0 Å². The standard InChI is InChI=1S/C29H26N4O7/c1-40-18-7-6-17-13-20(27(37)31-21(17)14-18)19(26-28(38)32-24-4-2-3-11-33(24)29(26)39)15-25(36)30-10-9-16-5-8-22(34)23(35)12-16/h2-8,11-14,19,34-35,38H,9-10,15H2,1H3,(H,30,36)(H,31,37). The number of nitrogens with one attached hydrogen (secondary N) is 2. The predicted octanol–water partition coefficient (Wildman–Crippen LogP) is 2.54. The number of methoxy groups -OCH3 is 1. The monoisotopic (exact) mass is 542 g/mol. The maximum atomic E-state index is 13.5. The fourth-order valence-electron chi connectivity index (χ4n) is 4.67. The molecule has 3 aromatic heterocycles. The van der Waals surface area contributed by atoms with Gasteiger partial charge in [-0.25, -0.2) is 0 Å². The van der Waals surface area contributed by atoms with Crippen LogP contribution in [0.25, 0.3) is 16.6 Å². The van der Waals surface area contributed by atoms with E-state index in [-0.39, 0.29) is 41.2 Å². The lowest BCUT2D eigenvalue weighted by Crippen LogP contribution is -2.32. The Balaban J connectivity index is 1.52. The number of hydrogen-bond acceptors (Lipinski definition) is 8. The van der Waals surface area contributed by atoms with Gasteiger partial charge in [-0.1, -0.05) is 12.1 Å². The van der Waals surface area contributed by atoms with Crippen molar-refractivity contribution in [2.24, 2.45) is 0 Å². The van der Waals surface area contributed by atoms with Crippen molar-refractivity contribution in [3.05, 3.63) is 104 Å². The second-order valence-electron chi connectivity index (χ2n) is 9.27. The summed E-state index contributed by atoms with van der Waals surface area (Å²) in [6, 6.07) is 15.9. The van der Waals surface area contributed by atoms with Gasteiger partial charge in [0, 0.05) is 36.7 Å². The second kappa shape index (κ2) is 10.8. The van der Waals surface area contributed by atoms with Gasteiger partial charge in [0.2, 0.25) is 11.8 Å². The average Bonchev–Trinajstić information content (AvgIpc) is 2.93. The molecule has 2 aromatic carbocycles. The Morgan fingerprint density at radius 1 is 1.05 bits per heavy atom. The Morgan fingerprint density at radius 3 is 2.65 bits per heavy atom. The molecule has 5 rings (SSSR count). The number of phenolic OH excluding ortho intramolecular Hbond substituents is 2. The number of phenols is 2. The summed E-state index contributed by atoms with van der Waals surface area (Å²) < 4.78 is 6.48. The van der Waals surface area contributed by atoms with Crippen molar-refractivity contribution in [1.29, 1.82) is 0 Å². The zero-order chi connectivity index (χ0) is 28.4. The molecular formula is C29H26N4O7. The molecule has 11 nitrogen and oxygen atoms in total. The zero-order valence-electron chi connectivity index (χ0n) is 21.4. The smallest absolute Gasteiger partial charge is 0.265 e. The second-order valence-corrected chi connectivity index (χ2v) is 9.27. The predicted molar refractivity (Wildman–Crippen MR) is 147 cm³/mol. The number of hydrogen-bond donors (Lipinski definition) is 5. The summed E-state index contributed by atoms with van der Waals surface area (Å²) in [4.78, 5) is 46.8. The van der Waals surface area contributed by atoms with Crippen LogP contribution in [0.5, 0.6) is 23.1 Å². The molecule has 5 N–H and O–H groups in total. The van der Waals surface area contributed by atoms with E-state index in [2.05, 4.69) is 15.3 Å². The molecule has 40 heavy (non-hydrogen) atoms. The number of carbonyl (C=O) groups excluding carboxylic acids is 1. The molecule has 0 radical (unpaired) electrons. The van der Waals surface area contributed by atoms with E-state index < -0.39 is 28.8 Å². The third kappa shape index (κ3) is 5.17. The fourth-order valence-corrected chi connectivity index (χ4v) is 4.67. The molecule has 0 aliphatic rings. The van der Waals surface area contributed by atoms with Crippen molar-refractivity contribution in [3.63, 3.8) is 0 Å². The van der Waals surface area contributed by atoms with Crippen molar-refractivity contribution in [2.75, 3.05) is 13.7 Å². The molecule has 5 aromatic rings. The summed E-state index contributed by atoms with van der Waals surface area (Å²) in [5.74, 6) is -2.13. The average molecular weight is 543 g/mol. The van der Waals surface area contributed by atoms with Gasteiger partial charge in [0.05, 0.1) is 18.2 Å². The Bertz CT molecular complexity index is 1860. The first-order valence-corrected chi connectivity index (χ1v) is 12.4. The fraction of sp³-hybridized carbons (Fsp3) is 0.172. The Kier molecular flexibility index (Phi) is 7.11. The normalized spacial score (nSPS) is 11.9. The Hall–Kier alpha value is -5.32. The number of pyridine rings is 2. The van der Waals surface area contributed by atoms with Gasteiger partial charge in [0.15, 0.2) is 11.5 Å². The van der Waals surface area contributed by atoms with Gasteiger partial charge in [0.1, 0.15) is 11.4 Å². The molecule has 3 heterocycles. The van der Waals surface area contributed by atoms with E-state index in [1.807, 2.05) is 0 Å². The highest BCUT2D eigenvalue weighted by Gasteiger charge is 2.29. The molecule has 0 saturated heterocycles. The molecule has 0 saturated carbocycles. The first-order valence-electron chi connectivity index (χ1n) is 12.4. The van der Waals surface area contributed by atoms with E-state index in [4.69, 9.17) is 4.74 Å². The molecule has 1 unspecified atom stereocenters. The Morgan fingerprint density at radius 2 is 1.88 bits per heavy atom. The number of H-pyrrole nitrogens is 1. The molecule has 204 valence electrons. The van der Waals surface area contributed by atoms with Gasteiger partial charge in [-0.05, 0) is 59.8 Å². The van der Waals surface area contributed by atoms with Crippen LogP contribution in [0.1, 0.15) is 29.0 Å². The number of ether oxygens (including phenoxy) is 1. The van der Waals surface area contributed by atoms with Crippen molar-refractivity contribution in [2.45, 2.75) is 18.8 Å². The van der Waals surface area contributed by atoms with E-state index in [0.717, 1.165) is 0 Å². The molecule has 0 bridgehead atoms. The van der Waals surface area contributed by atoms with Crippen molar-refractivity contribution < 1.29 is 24.9 Å². The van der Waals surface area contributed by atoms with Crippen LogP contribution in [0.15, 0.2) is 76.4 Å². The minimum Gasteiger partial charge on any atom is -0.504 e. The summed E-state index contributed by atoms with van der Waals surface area (Å²) in [7, 11) is 1.51. The maximum Gasteiger partial charge on any atom is 0.265 e. The summed E-state index contributed by atoms with van der Waals surface area (Å²) in [6.07, 6.45) is 1.53. The number of nitrogens with zero attached hydrogens (tertiary/aromatic N) is 2. The van der Waals surface area contributed by atoms with Gasteiger partial charge in [0.25, 0.3) is 11.1 Å². The van der Waals surface area contributed by atoms with Crippen molar-refractivity contribution in [3.8, 4) is 23.1 Å². The minimum atomic E-state index is -1.12. The highest BCUT2D eigenvalue weighted by atomic mass is 16.5. The molecule has 0 fully saturated rings. The molecule has 0 aliphatic carbocycles. The number of aromatic amines is 1. The van der Waals surface area contributed by atoms with Crippen LogP contribution in [0.2, 0.25) is 0 Å². The Labute approximate surface area is 227 Å². The van der Waals surface area contributed by atoms with Crippen LogP contribution < -0.4 is 21.2 Å². The van der Waals surface area contributed by atoms with Crippen LogP contribution >= 0.6 is 0 Å². The quantitative estimate of drug-likeness (QED) is 0.187. The lowest BCUT2D eigenvalue weighted by Gasteiger charge is -2.18. The van der Waals surface area contributed by atoms with E-state index in [1.54, 1.807) is 48.5 Å². The van der Waals surface area contributed by atoms with Gasteiger partial charge in [-0.3, -0.25) is 18.8 Å². The number of carbonyl (C=O) groups is 1. The van der Waals surface area contributed by atoms with E-state index in [1.165, 1.54) is 29.8 Å². The van der Waals surface area contributed by atoms with Gasteiger partial charge in [-0.15, -0.1) is 0 Å². The maximum absolute atomic E-state index is 13.5. The summed E-state index contributed by atoms with van der Waals surface area (Å²) in [5, 5.41) is 33.4. The number of aromatic nitrogens is 3. The number of fused-ring (bicyclic) bond motifs is 2. The first-order chi connectivity index (χ1) is 19.2. The summed E-state index contributed by atoms with van der Waals surface area (Å²) in [6.45, 7) is 0.185. The zero-order valence-corrected chi connectivity index (χ0v) is 21.4. The highest BCUT2D eigenvalue weighted by Crippen LogP contribution is 2.31. The molecule has 1 atom stereocenters. The van der Waals surface area contributed by atoms with E-state index in [0.29, 0.717) is 28.6 Å². The topological polar surface area (TPSA) is 166 Å². The number of benzene rings is 2. The number of aromatic hydroxyl groups is 3. The molecule has 11 heteroatoms. The minimum absolute atomic E-state index is 0.112. The van der Waals surface area contributed by atoms with Gasteiger partial charge in [-0.2, -0.15) is 4.98 Å². The van der Waals surface area contributed by atoms with Crippen LogP contribution in [0.4, 0.5) is 0 Å². The molecule has 1 amide bonds. The van der Waals surface area contributed by atoms with Gasteiger partial charge < -0.3 is 30.4 Å². The number of amides is 1. The van der Waals surface area contributed by atoms with Crippen LogP contribution in [0.3, 0.4) is 0 Å². The third-order valence-corrected chi connectivity index (χ3v) is 6.72. The highest BCUT2D eigenvalue weighted by molar-refractivity contribution is 5.82. The molecule has 0 spiro atoms. The summed E-state index contributed by atoms with van der Waals surface area (Å²) in [5.41, 5.74) is 0.203.